The molecule has 1 atom stereocenters. The van der Waals surface area contributed by atoms with Crippen LogP contribution >= 0.6 is 0 Å². The lowest BCUT2D eigenvalue weighted by Crippen LogP contribution is -2.50. The van der Waals surface area contributed by atoms with Crippen LogP contribution in [0.2, 0.25) is 0 Å². The molecule has 1 fully saturated rings. The minimum atomic E-state index is 0.235. The molecule has 0 radical (unpaired) electrons. The zero-order valence-corrected chi connectivity index (χ0v) is 10.4. The Morgan fingerprint density at radius 3 is 2.53 bits per heavy atom. The van der Waals surface area contributed by atoms with Crippen molar-refractivity contribution in [2.24, 2.45) is 0 Å². The van der Waals surface area contributed by atoms with Gasteiger partial charge in [0.15, 0.2) is 0 Å². The quantitative estimate of drug-likeness (QED) is 0.846. The van der Waals surface area contributed by atoms with Crippen LogP contribution in [0.25, 0.3) is 0 Å². The third-order valence-electron chi connectivity index (χ3n) is 3.09. The van der Waals surface area contributed by atoms with Gasteiger partial charge in [-0.05, 0) is 30.5 Å². The van der Waals surface area contributed by atoms with E-state index < -0.39 is 0 Å². The van der Waals surface area contributed by atoms with Gasteiger partial charge in [-0.15, -0.1) is 0 Å². The average Bonchev–Trinajstić information content (AvgIpc) is 2.23. The van der Waals surface area contributed by atoms with Crippen molar-refractivity contribution in [1.82, 2.24) is 5.32 Å². The Labute approximate surface area is 102 Å². The van der Waals surface area contributed by atoms with Crippen LogP contribution in [-0.4, -0.2) is 25.0 Å². The van der Waals surface area contributed by atoms with E-state index in [-0.39, 0.29) is 11.7 Å². The summed E-state index contributed by atoms with van der Waals surface area (Å²) in [5, 5.41) is 3.17. The Hall–Kier alpha value is -1.35. The summed E-state index contributed by atoms with van der Waals surface area (Å²) >= 11 is 0. The van der Waals surface area contributed by atoms with Crippen LogP contribution in [-0.2, 0) is 4.79 Å². The van der Waals surface area contributed by atoms with Gasteiger partial charge >= 0.3 is 0 Å². The minimum Gasteiger partial charge on any atom is -0.488 e. The number of rotatable bonds is 5. The Morgan fingerprint density at radius 1 is 1.41 bits per heavy atom. The molecule has 1 aliphatic heterocycles. The molecule has 1 heterocycles. The number of carbonyl (C=O) groups is 1. The molecule has 3 nitrogen and oxygen atoms in total. The van der Waals surface area contributed by atoms with Gasteiger partial charge in [-0.25, -0.2) is 0 Å². The SMILES string of the molecule is CC(=O)CC(C)c1ccc(OC2CNC2)cc1. The fourth-order valence-corrected chi connectivity index (χ4v) is 1.96. The van der Waals surface area contributed by atoms with Crippen molar-refractivity contribution in [3.05, 3.63) is 29.8 Å². The second-order valence-electron chi connectivity index (χ2n) is 4.77. The molecule has 92 valence electrons. The van der Waals surface area contributed by atoms with E-state index in [1.807, 2.05) is 12.1 Å². The molecule has 2 rings (SSSR count). The van der Waals surface area contributed by atoms with Crippen molar-refractivity contribution in [1.29, 1.82) is 0 Å². The lowest BCUT2D eigenvalue weighted by Gasteiger charge is -2.27. The van der Waals surface area contributed by atoms with Crippen molar-refractivity contribution in [2.45, 2.75) is 32.3 Å². The van der Waals surface area contributed by atoms with E-state index >= 15 is 0 Å². The summed E-state index contributed by atoms with van der Waals surface area (Å²) in [6, 6.07) is 8.08. The Bertz CT molecular complexity index is 382. The number of hydrogen-bond donors (Lipinski definition) is 1. The van der Waals surface area contributed by atoms with Gasteiger partial charge in [0.2, 0.25) is 0 Å². The molecule has 0 spiro atoms. The first-order valence-corrected chi connectivity index (χ1v) is 6.12. The van der Waals surface area contributed by atoms with Crippen molar-refractivity contribution in [3.8, 4) is 5.75 Å². The van der Waals surface area contributed by atoms with E-state index in [1.54, 1.807) is 6.92 Å². The van der Waals surface area contributed by atoms with Crippen LogP contribution in [0.4, 0.5) is 0 Å². The summed E-state index contributed by atoms with van der Waals surface area (Å²) in [6.45, 7) is 5.58. The largest absolute Gasteiger partial charge is 0.488 e. The lowest BCUT2D eigenvalue weighted by molar-refractivity contribution is -0.117. The predicted molar refractivity (Wildman–Crippen MR) is 67.4 cm³/mol. The minimum absolute atomic E-state index is 0.235. The summed E-state index contributed by atoms with van der Waals surface area (Å²) in [5.41, 5.74) is 1.19. The maximum absolute atomic E-state index is 11.1. The van der Waals surface area contributed by atoms with Gasteiger partial charge in [-0.1, -0.05) is 19.1 Å². The lowest BCUT2D eigenvalue weighted by atomic mass is 9.96. The number of carbonyl (C=O) groups excluding carboxylic acids is 1. The predicted octanol–water partition coefficient (Wildman–Crippen LogP) is 2.12. The van der Waals surface area contributed by atoms with Crippen LogP contribution < -0.4 is 10.1 Å². The normalized spacial score (nSPS) is 17.3. The molecule has 3 heteroatoms. The molecule has 0 saturated carbocycles. The molecule has 1 saturated heterocycles. The summed E-state index contributed by atoms with van der Waals surface area (Å²) in [5.74, 6) is 1.43. The average molecular weight is 233 g/mol. The first-order valence-electron chi connectivity index (χ1n) is 6.12. The van der Waals surface area contributed by atoms with Gasteiger partial charge in [-0.2, -0.15) is 0 Å². The van der Waals surface area contributed by atoms with E-state index in [4.69, 9.17) is 4.74 Å². The molecule has 0 aromatic heterocycles. The maximum Gasteiger partial charge on any atom is 0.130 e. The highest BCUT2D eigenvalue weighted by molar-refractivity contribution is 5.76. The van der Waals surface area contributed by atoms with Gasteiger partial charge < -0.3 is 14.8 Å². The standard InChI is InChI=1S/C14H19NO2/c1-10(7-11(2)16)12-3-5-13(6-4-12)17-14-8-15-9-14/h3-6,10,14-15H,7-9H2,1-2H3. The number of hydrogen-bond acceptors (Lipinski definition) is 3. The molecule has 0 amide bonds. The van der Waals surface area contributed by atoms with E-state index in [0.717, 1.165) is 18.8 Å². The Kier molecular flexibility index (Phi) is 3.79. The van der Waals surface area contributed by atoms with Crippen LogP contribution in [0.5, 0.6) is 5.75 Å². The fraction of sp³-hybridized carbons (Fsp3) is 0.500. The number of nitrogens with one attached hydrogen (secondary N) is 1. The highest BCUT2D eigenvalue weighted by Crippen LogP contribution is 2.22. The zero-order valence-electron chi connectivity index (χ0n) is 10.4. The van der Waals surface area contributed by atoms with Gasteiger partial charge in [0.1, 0.15) is 17.6 Å². The topological polar surface area (TPSA) is 38.3 Å². The zero-order chi connectivity index (χ0) is 12.3. The smallest absolute Gasteiger partial charge is 0.130 e. The summed E-state index contributed by atoms with van der Waals surface area (Å²) in [6.07, 6.45) is 0.919. The summed E-state index contributed by atoms with van der Waals surface area (Å²) < 4.78 is 5.74. The molecule has 17 heavy (non-hydrogen) atoms. The monoisotopic (exact) mass is 233 g/mol. The third kappa shape index (κ3) is 3.30. The molecule has 1 N–H and O–H groups in total. The third-order valence-corrected chi connectivity index (χ3v) is 3.09. The molecular weight excluding hydrogens is 214 g/mol. The molecule has 1 aromatic rings. The number of ether oxygens (including phenoxy) is 1. The second kappa shape index (κ2) is 5.32. The van der Waals surface area contributed by atoms with E-state index in [1.165, 1.54) is 5.56 Å². The van der Waals surface area contributed by atoms with Crippen molar-refractivity contribution >= 4 is 5.78 Å². The molecule has 1 unspecified atom stereocenters. The number of Topliss-reactive ketones (excluding diaryl/α,β-unsaturated/α-hetero) is 1. The highest BCUT2D eigenvalue weighted by Gasteiger charge is 2.18. The van der Waals surface area contributed by atoms with E-state index in [0.29, 0.717) is 12.5 Å². The second-order valence-corrected chi connectivity index (χ2v) is 4.77. The van der Waals surface area contributed by atoms with Crippen LogP contribution in [0.3, 0.4) is 0 Å². The van der Waals surface area contributed by atoms with Gasteiger partial charge in [0, 0.05) is 19.5 Å². The van der Waals surface area contributed by atoms with Crippen LogP contribution in [0, 0.1) is 0 Å². The molecule has 1 aromatic carbocycles. The maximum atomic E-state index is 11.1. The molecule has 0 bridgehead atoms. The van der Waals surface area contributed by atoms with Gasteiger partial charge in [-0.3, -0.25) is 0 Å². The Morgan fingerprint density at radius 2 is 2.06 bits per heavy atom. The fourth-order valence-electron chi connectivity index (χ4n) is 1.96. The van der Waals surface area contributed by atoms with E-state index in [2.05, 4.69) is 24.4 Å². The van der Waals surface area contributed by atoms with Crippen molar-refractivity contribution < 1.29 is 9.53 Å². The first kappa shape index (κ1) is 12.1. The molecular formula is C14H19NO2. The van der Waals surface area contributed by atoms with Gasteiger partial charge in [0.25, 0.3) is 0 Å². The van der Waals surface area contributed by atoms with E-state index in [9.17, 15) is 4.79 Å². The number of benzene rings is 1. The van der Waals surface area contributed by atoms with Crippen molar-refractivity contribution in [2.75, 3.05) is 13.1 Å². The first-order chi connectivity index (χ1) is 8.15. The van der Waals surface area contributed by atoms with Crippen LogP contribution in [0.1, 0.15) is 31.7 Å². The number of ketones is 1. The van der Waals surface area contributed by atoms with Crippen molar-refractivity contribution in [3.63, 3.8) is 0 Å². The molecule has 0 aliphatic carbocycles. The summed E-state index contributed by atoms with van der Waals surface area (Å²) in [7, 11) is 0. The highest BCUT2D eigenvalue weighted by atomic mass is 16.5. The molecule has 1 aliphatic rings. The summed E-state index contributed by atoms with van der Waals surface area (Å²) in [4.78, 5) is 11.1. The Balaban J connectivity index is 1.94. The van der Waals surface area contributed by atoms with Gasteiger partial charge in [0.05, 0.1) is 0 Å². The van der Waals surface area contributed by atoms with Crippen LogP contribution in [0.15, 0.2) is 24.3 Å².